The lowest BCUT2D eigenvalue weighted by Crippen LogP contribution is -2.45. The maximum atomic E-state index is 12.7. The van der Waals surface area contributed by atoms with E-state index in [-0.39, 0.29) is 23.9 Å². The fraction of sp³-hybridized carbons (Fsp3) is 0.450. The Hall–Kier alpha value is -2.83. The van der Waals surface area contributed by atoms with Crippen molar-refractivity contribution < 1.29 is 14.3 Å². The highest BCUT2D eigenvalue weighted by Gasteiger charge is 2.36. The van der Waals surface area contributed by atoms with Crippen molar-refractivity contribution in [3.63, 3.8) is 0 Å². The van der Waals surface area contributed by atoms with E-state index in [1.54, 1.807) is 41.1 Å². The van der Waals surface area contributed by atoms with E-state index in [2.05, 4.69) is 10.4 Å². The first kappa shape index (κ1) is 18.9. The smallest absolute Gasteiger partial charge is 0.274 e. The second kappa shape index (κ2) is 7.82. The Morgan fingerprint density at radius 3 is 2.78 bits per heavy atom. The largest absolute Gasteiger partial charge is 0.496 e. The third-order valence-electron chi connectivity index (χ3n) is 5.19. The number of rotatable bonds is 5. The number of benzene rings is 1. The van der Waals surface area contributed by atoms with Crippen molar-refractivity contribution in [2.75, 3.05) is 13.7 Å². The number of carbonyl (C=O) groups is 2. The van der Waals surface area contributed by atoms with Gasteiger partial charge in [-0.1, -0.05) is 6.07 Å². The van der Waals surface area contributed by atoms with Gasteiger partial charge in [-0.3, -0.25) is 14.3 Å². The molecule has 0 aliphatic carbocycles. The molecule has 2 atom stereocenters. The summed E-state index contributed by atoms with van der Waals surface area (Å²) in [5, 5.41) is 7.35. The number of amides is 2. The zero-order chi connectivity index (χ0) is 19.6. The first-order valence-electron chi connectivity index (χ1n) is 9.24. The molecule has 2 heterocycles. The van der Waals surface area contributed by atoms with Crippen LogP contribution in [-0.2, 0) is 6.54 Å². The molecule has 144 valence electrons. The number of methoxy groups -OCH3 is 1. The molecule has 1 aromatic heterocycles. The van der Waals surface area contributed by atoms with Gasteiger partial charge in [0, 0.05) is 30.9 Å². The Labute approximate surface area is 159 Å². The molecule has 7 heteroatoms. The predicted octanol–water partition coefficient (Wildman–Crippen LogP) is 2.25. The molecule has 2 amide bonds. The highest BCUT2D eigenvalue weighted by molar-refractivity contribution is 5.95. The zero-order valence-electron chi connectivity index (χ0n) is 16.2. The van der Waals surface area contributed by atoms with Gasteiger partial charge in [0.25, 0.3) is 11.8 Å². The molecular weight excluding hydrogens is 344 g/mol. The van der Waals surface area contributed by atoms with Crippen LogP contribution in [0.25, 0.3) is 0 Å². The molecule has 27 heavy (non-hydrogen) atoms. The second-order valence-electron chi connectivity index (χ2n) is 6.85. The normalized spacial score (nSPS) is 19.2. The van der Waals surface area contributed by atoms with E-state index in [4.69, 9.17) is 4.74 Å². The van der Waals surface area contributed by atoms with Crippen molar-refractivity contribution in [2.24, 2.45) is 0 Å². The first-order chi connectivity index (χ1) is 12.9. The van der Waals surface area contributed by atoms with Crippen molar-refractivity contribution in [1.82, 2.24) is 20.0 Å². The molecule has 1 aliphatic heterocycles. The summed E-state index contributed by atoms with van der Waals surface area (Å²) in [4.78, 5) is 27.1. The molecule has 2 unspecified atom stereocenters. The molecule has 1 aromatic carbocycles. The fourth-order valence-electron chi connectivity index (χ4n) is 3.43. The minimum Gasteiger partial charge on any atom is -0.496 e. The summed E-state index contributed by atoms with van der Waals surface area (Å²) in [6.07, 6.45) is 2.52. The zero-order valence-corrected chi connectivity index (χ0v) is 16.2. The average Bonchev–Trinajstić information content (AvgIpc) is 3.29. The maximum Gasteiger partial charge on any atom is 0.274 e. The van der Waals surface area contributed by atoms with Crippen molar-refractivity contribution >= 4 is 11.8 Å². The van der Waals surface area contributed by atoms with E-state index < -0.39 is 0 Å². The van der Waals surface area contributed by atoms with Crippen LogP contribution in [0, 0.1) is 6.92 Å². The van der Waals surface area contributed by atoms with E-state index in [1.807, 2.05) is 26.8 Å². The molecule has 0 saturated carbocycles. The van der Waals surface area contributed by atoms with Crippen molar-refractivity contribution in [1.29, 1.82) is 0 Å². The van der Waals surface area contributed by atoms with Gasteiger partial charge in [-0.05, 0) is 51.0 Å². The van der Waals surface area contributed by atoms with Gasteiger partial charge in [0.1, 0.15) is 11.4 Å². The Balaban J connectivity index is 1.67. The van der Waals surface area contributed by atoms with Gasteiger partial charge in [0.15, 0.2) is 0 Å². The molecule has 1 N–H and O–H groups in total. The third kappa shape index (κ3) is 3.82. The van der Waals surface area contributed by atoms with Gasteiger partial charge in [0.2, 0.25) is 0 Å². The summed E-state index contributed by atoms with van der Waals surface area (Å²) < 4.78 is 7.03. The van der Waals surface area contributed by atoms with Crippen LogP contribution >= 0.6 is 0 Å². The number of hydrogen-bond donors (Lipinski definition) is 1. The lowest BCUT2D eigenvalue weighted by atomic mass is 10.1. The highest BCUT2D eigenvalue weighted by atomic mass is 16.5. The van der Waals surface area contributed by atoms with E-state index in [9.17, 15) is 9.59 Å². The Kier molecular flexibility index (Phi) is 5.48. The minimum atomic E-state index is -0.158. The SMILES string of the molecule is CCn1ccc(C(=O)N2CCC(NC(=O)c3ccc(C)c(OC)c3)C2C)n1. The third-order valence-corrected chi connectivity index (χ3v) is 5.19. The molecule has 2 aromatic rings. The molecule has 3 rings (SSSR count). The Morgan fingerprint density at radius 2 is 2.11 bits per heavy atom. The number of nitrogens with zero attached hydrogens (tertiary/aromatic N) is 3. The van der Waals surface area contributed by atoms with Crippen LogP contribution < -0.4 is 10.1 Å². The molecule has 1 saturated heterocycles. The number of hydrogen-bond acceptors (Lipinski definition) is 4. The molecule has 0 radical (unpaired) electrons. The van der Waals surface area contributed by atoms with Gasteiger partial charge in [-0.15, -0.1) is 0 Å². The minimum absolute atomic E-state index is 0.0940. The summed E-state index contributed by atoms with van der Waals surface area (Å²) in [5.41, 5.74) is 1.97. The van der Waals surface area contributed by atoms with Crippen LogP contribution in [0.2, 0.25) is 0 Å². The van der Waals surface area contributed by atoms with E-state index in [0.717, 1.165) is 18.5 Å². The van der Waals surface area contributed by atoms with Crippen molar-refractivity contribution in [2.45, 2.75) is 45.8 Å². The summed E-state index contributed by atoms with van der Waals surface area (Å²) in [7, 11) is 1.59. The highest BCUT2D eigenvalue weighted by Crippen LogP contribution is 2.22. The number of nitrogens with one attached hydrogen (secondary N) is 1. The standard InChI is InChI=1S/C20H26N4O3/c1-5-23-10-8-17(22-23)20(26)24-11-9-16(14(24)3)21-19(25)15-7-6-13(2)18(12-15)27-4/h6-8,10,12,14,16H,5,9,11H2,1-4H3,(H,21,25). The lowest BCUT2D eigenvalue weighted by molar-refractivity contribution is 0.0722. The van der Waals surface area contributed by atoms with Gasteiger partial charge >= 0.3 is 0 Å². The number of aryl methyl sites for hydroxylation is 2. The number of ether oxygens (including phenoxy) is 1. The number of aromatic nitrogens is 2. The van der Waals surface area contributed by atoms with Gasteiger partial charge in [-0.25, -0.2) is 0 Å². The molecule has 1 aliphatic rings. The van der Waals surface area contributed by atoms with Crippen molar-refractivity contribution in [3.8, 4) is 5.75 Å². The molecule has 0 spiro atoms. The summed E-state index contributed by atoms with van der Waals surface area (Å²) in [5.74, 6) is 0.434. The average molecular weight is 370 g/mol. The second-order valence-corrected chi connectivity index (χ2v) is 6.85. The van der Waals surface area contributed by atoms with Gasteiger partial charge in [-0.2, -0.15) is 5.10 Å². The molecule has 1 fully saturated rings. The lowest BCUT2D eigenvalue weighted by Gasteiger charge is -2.24. The van der Waals surface area contributed by atoms with Crippen LogP contribution in [0.3, 0.4) is 0 Å². The summed E-state index contributed by atoms with van der Waals surface area (Å²) >= 11 is 0. The van der Waals surface area contributed by atoms with E-state index in [0.29, 0.717) is 23.6 Å². The topological polar surface area (TPSA) is 76.5 Å². The molecular formula is C20H26N4O3. The van der Waals surface area contributed by atoms with Crippen LogP contribution in [-0.4, -0.2) is 52.2 Å². The van der Waals surface area contributed by atoms with Crippen LogP contribution in [0.1, 0.15) is 46.7 Å². The van der Waals surface area contributed by atoms with Crippen LogP contribution in [0.5, 0.6) is 5.75 Å². The fourth-order valence-corrected chi connectivity index (χ4v) is 3.43. The maximum absolute atomic E-state index is 12.7. The van der Waals surface area contributed by atoms with Crippen LogP contribution in [0.15, 0.2) is 30.5 Å². The summed E-state index contributed by atoms with van der Waals surface area (Å²) in [6.45, 7) is 7.19. The van der Waals surface area contributed by atoms with Gasteiger partial charge in [0.05, 0.1) is 13.2 Å². The molecule has 7 nitrogen and oxygen atoms in total. The number of carbonyl (C=O) groups excluding carboxylic acids is 2. The monoisotopic (exact) mass is 370 g/mol. The Bertz CT molecular complexity index is 846. The van der Waals surface area contributed by atoms with Crippen LogP contribution in [0.4, 0.5) is 0 Å². The molecule has 0 bridgehead atoms. The first-order valence-corrected chi connectivity index (χ1v) is 9.24. The summed E-state index contributed by atoms with van der Waals surface area (Å²) in [6, 6.07) is 6.94. The van der Waals surface area contributed by atoms with E-state index in [1.165, 1.54) is 0 Å². The Morgan fingerprint density at radius 1 is 1.33 bits per heavy atom. The quantitative estimate of drug-likeness (QED) is 0.876. The van der Waals surface area contributed by atoms with Crippen molar-refractivity contribution in [3.05, 3.63) is 47.3 Å². The van der Waals surface area contributed by atoms with Gasteiger partial charge < -0.3 is 15.0 Å². The van der Waals surface area contributed by atoms with E-state index >= 15 is 0 Å². The number of likely N-dealkylation sites (tertiary alicyclic amines) is 1. The predicted molar refractivity (Wildman–Crippen MR) is 102 cm³/mol.